The Labute approximate surface area is 114 Å². The molecule has 3 saturated heterocycles. The summed E-state index contributed by atoms with van der Waals surface area (Å²) in [6.07, 6.45) is 2.27. The van der Waals surface area contributed by atoms with E-state index >= 15 is 0 Å². The quantitative estimate of drug-likeness (QED) is 0.795. The molecule has 3 aliphatic rings. The number of fused-ring (bicyclic) bond motifs is 4. The molecule has 2 bridgehead atoms. The first-order valence-electron chi connectivity index (χ1n) is 6.03. The maximum absolute atomic E-state index is 12.5. The van der Waals surface area contributed by atoms with Crippen molar-refractivity contribution in [1.82, 2.24) is 9.80 Å². The number of rotatable bonds is 1. The maximum Gasteiger partial charge on any atom is 0.264 e. The predicted octanol–water partition coefficient (Wildman–Crippen LogP) is 2.43. The number of nitrogens with zero attached hydrogens (tertiary/aromatic N) is 2. The van der Waals surface area contributed by atoms with Crippen LogP contribution in [0.3, 0.4) is 0 Å². The molecule has 1 aromatic heterocycles. The van der Waals surface area contributed by atoms with Crippen molar-refractivity contribution >= 4 is 33.2 Å². The lowest BCUT2D eigenvalue weighted by atomic mass is 10.1. The molecule has 5 heteroatoms. The van der Waals surface area contributed by atoms with Crippen LogP contribution in [0.4, 0.5) is 0 Å². The Hall–Kier alpha value is -0.390. The first-order valence-corrected chi connectivity index (χ1v) is 7.63. The molecule has 4 heterocycles. The second-order valence-corrected chi connectivity index (χ2v) is 7.14. The van der Waals surface area contributed by atoms with Crippen molar-refractivity contribution in [2.75, 3.05) is 26.2 Å². The van der Waals surface area contributed by atoms with Crippen LogP contribution < -0.4 is 0 Å². The number of hydrogen-bond donors (Lipinski definition) is 0. The van der Waals surface area contributed by atoms with Crippen molar-refractivity contribution in [3.05, 3.63) is 20.8 Å². The summed E-state index contributed by atoms with van der Waals surface area (Å²) >= 11 is 4.95. The summed E-state index contributed by atoms with van der Waals surface area (Å²) in [7, 11) is 0. The lowest BCUT2D eigenvalue weighted by molar-refractivity contribution is 0.0690. The van der Waals surface area contributed by atoms with Crippen molar-refractivity contribution in [2.24, 2.45) is 0 Å². The molecule has 0 atom stereocenters. The molecular weight excluding hydrogens is 300 g/mol. The van der Waals surface area contributed by atoms with Gasteiger partial charge in [0.15, 0.2) is 0 Å². The highest BCUT2D eigenvalue weighted by Gasteiger charge is 2.32. The van der Waals surface area contributed by atoms with Gasteiger partial charge in [-0.2, -0.15) is 0 Å². The van der Waals surface area contributed by atoms with Crippen molar-refractivity contribution in [1.29, 1.82) is 0 Å². The number of halogens is 1. The Morgan fingerprint density at radius 2 is 2.00 bits per heavy atom. The molecule has 92 valence electrons. The minimum atomic E-state index is 0.217. The summed E-state index contributed by atoms with van der Waals surface area (Å²) in [5, 5.41) is 0. The van der Waals surface area contributed by atoms with Gasteiger partial charge >= 0.3 is 0 Å². The Kier molecular flexibility index (Phi) is 3.23. The van der Waals surface area contributed by atoms with Crippen LogP contribution in [0, 0.1) is 0 Å². The topological polar surface area (TPSA) is 23.6 Å². The molecule has 0 aliphatic carbocycles. The SMILES string of the molecule is O=C(c1ccc(Br)s1)N1CCN2CCC1CC2. The Bertz CT molecular complexity index is 426. The lowest BCUT2D eigenvalue weighted by Gasteiger charge is -2.31. The first-order chi connectivity index (χ1) is 8.24. The minimum Gasteiger partial charge on any atom is -0.334 e. The third-order valence-electron chi connectivity index (χ3n) is 3.70. The van der Waals surface area contributed by atoms with Crippen LogP contribution in [0.15, 0.2) is 15.9 Å². The van der Waals surface area contributed by atoms with Gasteiger partial charge in [0.2, 0.25) is 0 Å². The molecule has 3 aliphatic heterocycles. The zero-order valence-electron chi connectivity index (χ0n) is 9.56. The summed E-state index contributed by atoms with van der Waals surface area (Å²) in [4.78, 5) is 17.9. The van der Waals surface area contributed by atoms with E-state index in [0.29, 0.717) is 6.04 Å². The van der Waals surface area contributed by atoms with E-state index in [1.165, 1.54) is 11.3 Å². The van der Waals surface area contributed by atoms with Gasteiger partial charge in [0.1, 0.15) is 0 Å². The first kappa shape index (κ1) is 11.7. The van der Waals surface area contributed by atoms with Gasteiger partial charge in [-0.3, -0.25) is 4.79 Å². The van der Waals surface area contributed by atoms with Crippen LogP contribution in [0.2, 0.25) is 0 Å². The van der Waals surface area contributed by atoms with Crippen LogP contribution in [-0.2, 0) is 0 Å². The molecule has 17 heavy (non-hydrogen) atoms. The van der Waals surface area contributed by atoms with Gasteiger partial charge in [-0.05, 0) is 40.9 Å². The number of carbonyl (C=O) groups is 1. The van der Waals surface area contributed by atoms with E-state index in [0.717, 1.165) is 47.7 Å². The minimum absolute atomic E-state index is 0.217. The number of piperidine rings is 1. The lowest BCUT2D eigenvalue weighted by Crippen LogP contribution is -2.41. The fourth-order valence-electron chi connectivity index (χ4n) is 2.72. The van der Waals surface area contributed by atoms with Gasteiger partial charge < -0.3 is 9.80 Å². The molecule has 0 saturated carbocycles. The van der Waals surface area contributed by atoms with Crippen LogP contribution in [0.1, 0.15) is 22.5 Å². The molecule has 1 aromatic rings. The van der Waals surface area contributed by atoms with E-state index in [4.69, 9.17) is 0 Å². The zero-order valence-corrected chi connectivity index (χ0v) is 12.0. The van der Waals surface area contributed by atoms with Crippen LogP contribution in [0.25, 0.3) is 0 Å². The highest BCUT2D eigenvalue weighted by molar-refractivity contribution is 9.11. The van der Waals surface area contributed by atoms with Gasteiger partial charge in [0.25, 0.3) is 5.91 Å². The van der Waals surface area contributed by atoms with Crippen molar-refractivity contribution in [2.45, 2.75) is 18.9 Å². The molecule has 0 radical (unpaired) electrons. The zero-order chi connectivity index (χ0) is 11.8. The summed E-state index contributed by atoms with van der Waals surface area (Å²) in [6, 6.07) is 4.34. The molecule has 0 aromatic carbocycles. The standard InChI is InChI=1S/C12H15BrN2OS/c13-11-2-1-10(17-11)12(16)15-8-7-14-5-3-9(15)4-6-14/h1-2,9H,3-8H2. The fourth-order valence-corrected chi connectivity index (χ4v) is 4.07. The van der Waals surface area contributed by atoms with Gasteiger partial charge in [-0.25, -0.2) is 0 Å². The van der Waals surface area contributed by atoms with Gasteiger partial charge in [-0.1, -0.05) is 0 Å². The van der Waals surface area contributed by atoms with E-state index in [1.807, 2.05) is 12.1 Å². The van der Waals surface area contributed by atoms with E-state index in [2.05, 4.69) is 25.7 Å². The van der Waals surface area contributed by atoms with Gasteiger partial charge in [0.05, 0.1) is 8.66 Å². The van der Waals surface area contributed by atoms with E-state index in [9.17, 15) is 4.79 Å². The van der Waals surface area contributed by atoms with Crippen LogP contribution in [0.5, 0.6) is 0 Å². The highest BCUT2D eigenvalue weighted by Crippen LogP contribution is 2.27. The van der Waals surface area contributed by atoms with Crippen molar-refractivity contribution in [3.63, 3.8) is 0 Å². The number of carbonyl (C=O) groups excluding carboxylic acids is 1. The largest absolute Gasteiger partial charge is 0.334 e. The predicted molar refractivity (Wildman–Crippen MR) is 72.5 cm³/mol. The summed E-state index contributed by atoms with van der Waals surface area (Å²) < 4.78 is 1.03. The summed E-state index contributed by atoms with van der Waals surface area (Å²) in [6.45, 7) is 4.24. The van der Waals surface area contributed by atoms with Crippen molar-refractivity contribution in [3.8, 4) is 0 Å². The average molecular weight is 315 g/mol. The maximum atomic E-state index is 12.5. The van der Waals surface area contributed by atoms with Crippen LogP contribution >= 0.6 is 27.3 Å². The summed E-state index contributed by atoms with van der Waals surface area (Å²) in [5.41, 5.74) is 0. The second-order valence-electron chi connectivity index (χ2n) is 4.68. The molecule has 3 fully saturated rings. The molecule has 1 amide bonds. The number of hydrogen-bond acceptors (Lipinski definition) is 3. The number of amides is 1. The molecule has 3 nitrogen and oxygen atoms in total. The molecular formula is C12H15BrN2OS. The molecule has 0 unspecified atom stereocenters. The molecule has 0 N–H and O–H groups in total. The third-order valence-corrected chi connectivity index (χ3v) is 5.31. The van der Waals surface area contributed by atoms with E-state index < -0.39 is 0 Å². The molecule has 0 spiro atoms. The monoisotopic (exact) mass is 314 g/mol. The summed E-state index contributed by atoms with van der Waals surface area (Å²) in [5.74, 6) is 0.217. The Morgan fingerprint density at radius 3 is 2.65 bits per heavy atom. The smallest absolute Gasteiger partial charge is 0.264 e. The van der Waals surface area contributed by atoms with Gasteiger partial charge in [0, 0.05) is 32.2 Å². The fraction of sp³-hybridized carbons (Fsp3) is 0.583. The second kappa shape index (κ2) is 4.71. The third kappa shape index (κ3) is 2.28. The normalized spacial score (nSPS) is 28.2. The Morgan fingerprint density at radius 1 is 1.24 bits per heavy atom. The number of thiophene rings is 1. The van der Waals surface area contributed by atoms with E-state index in [-0.39, 0.29) is 5.91 Å². The Balaban J connectivity index is 1.81. The van der Waals surface area contributed by atoms with Crippen LogP contribution in [-0.4, -0.2) is 47.9 Å². The average Bonchev–Trinajstić information content (AvgIpc) is 2.58. The van der Waals surface area contributed by atoms with Gasteiger partial charge in [-0.15, -0.1) is 11.3 Å². The molecule has 4 rings (SSSR count). The van der Waals surface area contributed by atoms with E-state index in [1.54, 1.807) is 0 Å². The van der Waals surface area contributed by atoms with Crippen molar-refractivity contribution < 1.29 is 4.79 Å². The highest BCUT2D eigenvalue weighted by atomic mass is 79.9.